The van der Waals surface area contributed by atoms with Crippen molar-refractivity contribution in [2.24, 2.45) is 0 Å². The molecule has 1 aromatic heterocycles. The quantitative estimate of drug-likeness (QED) is 0.613. The molecule has 0 aliphatic heterocycles. The molecule has 2 aromatic rings. The van der Waals surface area contributed by atoms with Crippen LogP contribution in [0.4, 0.5) is 0 Å². The van der Waals surface area contributed by atoms with Gasteiger partial charge in [0.2, 0.25) is 0 Å². The zero-order valence-electron chi connectivity index (χ0n) is 10.7. The molecule has 4 heteroatoms. The number of nitrogens with zero attached hydrogens (tertiary/aromatic N) is 2. The molecule has 0 fully saturated rings. The summed E-state index contributed by atoms with van der Waals surface area (Å²) in [6.45, 7) is 5.77. The lowest BCUT2D eigenvalue weighted by Crippen LogP contribution is -2.00. The highest BCUT2D eigenvalue weighted by Crippen LogP contribution is 2.25. The van der Waals surface area contributed by atoms with Crippen LogP contribution in [-0.4, -0.2) is 16.1 Å². The molecule has 0 radical (unpaired) electrons. The van der Waals surface area contributed by atoms with E-state index in [4.69, 9.17) is 0 Å². The van der Waals surface area contributed by atoms with E-state index in [-0.39, 0.29) is 5.92 Å². The maximum Gasteiger partial charge on any atom is 0.153 e. The normalized spacial score (nSPS) is 12.1. The lowest BCUT2D eigenvalue weighted by atomic mass is 10.0. The third-order valence-electron chi connectivity index (χ3n) is 2.99. The van der Waals surface area contributed by atoms with E-state index in [9.17, 15) is 4.79 Å². The fourth-order valence-electron chi connectivity index (χ4n) is 2.00. The standard InChI is InChI=1S/C15H15BrN2O/c1-3-6-11(2)15-12(10-19)9-18(17-15)14-8-5-4-7-13(14)16/h3-5,7-11H,1,6H2,2H3. The van der Waals surface area contributed by atoms with Gasteiger partial charge >= 0.3 is 0 Å². The van der Waals surface area contributed by atoms with Crippen molar-refractivity contribution in [3.05, 3.63) is 58.8 Å². The Labute approximate surface area is 121 Å². The minimum absolute atomic E-state index is 0.182. The Morgan fingerprint density at radius 2 is 2.21 bits per heavy atom. The van der Waals surface area contributed by atoms with Gasteiger partial charge < -0.3 is 0 Å². The first kappa shape index (κ1) is 13.7. The lowest BCUT2D eigenvalue weighted by molar-refractivity contribution is 0.112. The summed E-state index contributed by atoms with van der Waals surface area (Å²) in [6, 6.07) is 7.78. The Bertz CT molecular complexity index is 604. The van der Waals surface area contributed by atoms with E-state index in [1.54, 1.807) is 10.9 Å². The Kier molecular flexibility index (Phi) is 4.32. The number of carbonyl (C=O) groups excluding carboxylic acids is 1. The zero-order valence-corrected chi connectivity index (χ0v) is 12.3. The van der Waals surface area contributed by atoms with Gasteiger partial charge in [0.15, 0.2) is 6.29 Å². The van der Waals surface area contributed by atoms with Crippen LogP contribution >= 0.6 is 15.9 Å². The molecule has 3 nitrogen and oxygen atoms in total. The van der Waals surface area contributed by atoms with Gasteiger partial charge in [-0.15, -0.1) is 6.58 Å². The van der Waals surface area contributed by atoms with E-state index in [0.29, 0.717) is 5.56 Å². The molecule has 98 valence electrons. The molecule has 0 N–H and O–H groups in total. The topological polar surface area (TPSA) is 34.9 Å². The summed E-state index contributed by atoms with van der Waals surface area (Å²) >= 11 is 3.49. The number of allylic oxidation sites excluding steroid dienone is 1. The van der Waals surface area contributed by atoms with Gasteiger partial charge in [-0.05, 0) is 34.5 Å². The second-order valence-corrected chi connectivity index (χ2v) is 5.26. The molecular weight excluding hydrogens is 304 g/mol. The molecule has 0 amide bonds. The molecule has 0 saturated carbocycles. The first-order valence-corrected chi connectivity index (χ1v) is 6.87. The molecule has 1 heterocycles. The molecule has 0 spiro atoms. The van der Waals surface area contributed by atoms with Crippen molar-refractivity contribution in [1.82, 2.24) is 9.78 Å². The average molecular weight is 319 g/mol. The van der Waals surface area contributed by atoms with Crippen LogP contribution in [0, 0.1) is 0 Å². The van der Waals surface area contributed by atoms with Crippen LogP contribution in [-0.2, 0) is 0 Å². The van der Waals surface area contributed by atoms with Crippen LogP contribution in [0.15, 0.2) is 47.6 Å². The van der Waals surface area contributed by atoms with Gasteiger partial charge in [-0.25, -0.2) is 4.68 Å². The first-order chi connectivity index (χ1) is 9.17. The molecule has 2 rings (SSSR count). The zero-order chi connectivity index (χ0) is 13.8. The van der Waals surface area contributed by atoms with Gasteiger partial charge in [0.25, 0.3) is 0 Å². The Hall–Kier alpha value is -1.68. The highest BCUT2D eigenvalue weighted by Gasteiger charge is 2.15. The van der Waals surface area contributed by atoms with E-state index in [1.165, 1.54) is 0 Å². The second kappa shape index (κ2) is 5.97. The van der Waals surface area contributed by atoms with Crippen LogP contribution in [0.2, 0.25) is 0 Å². The number of carbonyl (C=O) groups is 1. The maximum atomic E-state index is 11.2. The largest absolute Gasteiger partial charge is 0.298 e. The van der Waals surface area contributed by atoms with Gasteiger partial charge in [0.05, 0.1) is 16.9 Å². The van der Waals surface area contributed by atoms with E-state index in [1.807, 2.05) is 37.3 Å². The molecule has 0 aliphatic carbocycles. The number of benzene rings is 1. The summed E-state index contributed by atoms with van der Waals surface area (Å²) in [5, 5.41) is 4.54. The summed E-state index contributed by atoms with van der Waals surface area (Å²) in [5.41, 5.74) is 2.36. The van der Waals surface area contributed by atoms with E-state index >= 15 is 0 Å². The van der Waals surface area contributed by atoms with E-state index in [2.05, 4.69) is 27.6 Å². The smallest absolute Gasteiger partial charge is 0.153 e. The molecule has 1 atom stereocenters. The number of hydrogen-bond acceptors (Lipinski definition) is 2. The van der Waals surface area contributed by atoms with Crippen LogP contribution < -0.4 is 0 Å². The summed E-state index contributed by atoms with van der Waals surface area (Å²) < 4.78 is 2.68. The van der Waals surface area contributed by atoms with Crippen molar-refractivity contribution in [2.75, 3.05) is 0 Å². The van der Waals surface area contributed by atoms with Gasteiger partial charge in [-0.2, -0.15) is 5.10 Å². The maximum absolute atomic E-state index is 11.2. The monoisotopic (exact) mass is 318 g/mol. The predicted molar refractivity (Wildman–Crippen MR) is 79.9 cm³/mol. The fourth-order valence-corrected chi connectivity index (χ4v) is 2.46. The van der Waals surface area contributed by atoms with Gasteiger partial charge in [0.1, 0.15) is 0 Å². The van der Waals surface area contributed by atoms with Gasteiger partial charge in [-0.1, -0.05) is 25.1 Å². The Balaban J connectivity index is 2.47. The van der Waals surface area contributed by atoms with Crippen LogP contribution in [0.25, 0.3) is 5.69 Å². The number of aldehydes is 1. The summed E-state index contributed by atoms with van der Waals surface area (Å²) in [4.78, 5) is 11.2. The molecule has 0 aliphatic rings. The highest BCUT2D eigenvalue weighted by molar-refractivity contribution is 9.10. The summed E-state index contributed by atoms with van der Waals surface area (Å²) in [6.07, 6.45) is 5.27. The summed E-state index contributed by atoms with van der Waals surface area (Å²) in [5.74, 6) is 0.182. The fraction of sp³-hybridized carbons (Fsp3) is 0.200. The number of para-hydroxylation sites is 1. The SMILES string of the molecule is C=CCC(C)c1nn(-c2ccccc2Br)cc1C=O. The van der Waals surface area contributed by atoms with Crippen LogP contribution in [0.5, 0.6) is 0 Å². The lowest BCUT2D eigenvalue weighted by Gasteiger charge is -2.06. The Morgan fingerprint density at radius 1 is 1.47 bits per heavy atom. The minimum atomic E-state index is 0.182. The van der Waals surface area contributed by atoms with Crippen molar-refractivity contribution in [3.8, 4) is 5.69 Å². The predicted octanol–water partition coefficient (Wildman–Crippen LogP) is 4.13. The van der Waals surface area contributed by atoms with Crippen molar-refractivity contribution in [1.29, 1.82) is 0 Å². The average Bonchev–Trinajstić information content (AvgIpc) is 2.83. The second-order valence-electron chi connectivity index (χ2n) is 4.41. The molecule has 19 heavy (non-hydrogen) atoms. The number of halogens is 1. The number of rotatable bonds is 5. The van der Waals surface area contributed by atoms with Crippen molar-refractivity contribution in [3.63, 3.8) is 0 Å². The first-order valence-electron chi connectivity index (χ1n) is 6.08. The molecule has 0 bridgehead atoms. The van der Waals surface area contributed by atoms with Gasteiger partial charge in [0, 0.05) is 16.6 Å². The minimum Gasteiger partial charge on any atom is -0.298 e. The van der Waals surface area contributed by atoms with Crippen LogP contribution in [0.1, 0.15) is 35.3 Å². The third-order valence-corrected chi connectivity index (χ3v) is 3.66. The Morgan fingerprint density at radius 3 is 2.84 bits per heavy atom. The van der Waals surface area contributed by atoms with Crippen molar-refractivity contribution < 1.29 is 4.79 Å². The molecule has 0 saturated heterocycles. The van der Waals surface area contributed by atoms with E-state index < -0.39 is 0 Å². The molecule has 1 unspecified atom stereocenters. The number of aromatic nitrogens is 2. The number of hydrogen-bond donors (Lipinski definition) is 0. The van der Waals surface area contributed by atoms with Gasteiger partial charge in [-0.3, -0.25) is 4.79 Å². The molecular formula is C15H15BrN2O. The third kappa shape index (κ3) is 2.84. The van der Waals surface area contributed by atoms with Crippen LogP contribution in [0.3, 0.4) is 0 Å². The highest BCUT2D eigenvalue weighted by atomic mass is 79.9. The van der Waals surface area contributed by atoms with Crippen molar-refractivity contribution >= 4 is 22.2 Å². The van der Waals surface area contributed by atoms with E-state index in [0.717, 1.165) is 28.6 Å². The molecule has 1 aromatic carbocycles. The summed E-state index contributed by atoms with van der Waals surface area (Å²) in [7, 11) is 0. The van der Waals surface area contributed by atoms with Crippen molar-refractivity contribution in [2.45, 2.75) is 19.3 Å².